The number of carbonyl (C=O) groups is 2. The van der Waals surface area contributed by atoms with Crippen molar-refractivity contribution in [1.82, 2.24) is 5.32 Å². The average molecular weight is 398 g/mol. The third kappa shape index (κ3) is 4.55. The largest absolute Gasteiger partial charge is 0.493 e. The lowest BCUT2D eigenvalue weighted by Gasteiger charge is -2.34. The molecular formula is C24H31NO4. The number of esters is 1. The maximum absolute atomic E-state index is 13.0. The summed E-state index contributed by atoms with van der Waals surface area (Å²) in [7, 11) is 0. The molecular weight excluding hydrogens is 366 g/mol. The summed E-state index contributed by atoms with van der Waals surface area (Å²) in [5, 5.41) is 3.32. The van der Waals surface area contributed by atoms with E-state index >= 15 is 0 Å². The van der Waals surface area contributed by atoms with E-state index in [9.17, 15) is 9.59 Å². The predicted octanol–water partition coefficient (Wildman–Crippen LogP) is 4.79. The van der Waals surface area contributed by atoms with Crippen molar-refractivity contribution in [3.63, 3.8) is 0 Å². The normalized spacial score (nSPS) is 19.0. The maximum Gasteiger partial charge on any atom is 0.336 e. The molecule has 0 spiro atoms. The number of hydrogen-bond donors (Lipinski definition) is 1. The maximum atomic E-state index is 13.0. The van der Waals surface area contributed by atoms with Crippen LogP contribution in [0.2, 0.25) is 0 Å². The molecule has 0 fully saturated rings. The Kier molecular flexibility index (Phi) is 7.13. The number of ether oxygens (including phenoxy) is 2. The van der Waals surface area contributed by atoms with E-state index in [-0.39, 0.29) is 11.8 Å². The van der Waals surface area contributed by atoms with Crippen molar-refractivity contribution in [1.29, 1.82) is 0 Å². The fourth-order valence-electron chi connectivity index (χ4n) is 4.01. The lowest BCUT2D eigenvalue weighted by atomic mass is 9.75. The molecule has 1 heterocycles. The number of rotatable bonds is 8. The van der Waals surface area contributed by atoms with Crippen LogP contribution in [0.4, 0.5) is 0 Å². The molecule has 1 aromatic carbocycles. The molecule has 0 unspecified atom stereocenters. The van der Waals surface area contributed by atoms with Gasteiger partial charge in [-0.05, 0) is 38.7 Å². The highest BCUT2D eigenvalue weighted by molar-refractivity contribution is 6.04. The standard InChI is InChI=1S/C24H31NO4/c1-4-6-15-28-20-13-8-7-10-17(20)22-21(24(27)29-14-5-2)16(3)25-18-11-9-12-19(26)23(18)22/h7-8,10,13,22,25H,4-6,9,11-12,14-15H2,1-3H3/t22-/m0/s1. The number of hydrogen-bond acceptors (Lipinski definition) is 5. The molecule has 5 heteroatoms. The Morgan fingerprint density at radius 1 is 1.14 bits per heavy atom. The number of dihydropyridines is 1. The van der Waals surface area contributed by atoms with Crippen LogP contribution in [-0.2, 0) is 14.3 Å². The van der Waals surface area contributed by atoms with E-state index in [2.05, 4.69) is 12.2 Å². The van der Waals surface area contributed by atoms with Crippen LogP contribution in [0.5, 0.6) is 5.75 Å². The van der Waals surface area contributed by atoms with Crippen LogP contribution < -0.4 is 10.1 Å². The summed E-state index contributed by atoms with van der Waals surface area (Å²) in [6.07, 6.45) is 4.89. The van der Waals surface area contributed by atoms with Gasteiger partial charge in [0, 0.05) is 29.0 Å². The molecule has 156 valence electrons. The van der Waals surface area contributed by atoms with E-state index in [4.69, 9.17) is 9.47 Å². The number of allylic oxidation sites excluding steroid dienone is 3. The van der Waals surface area contributed by atoms with E-state index in [0.29, 0.717) is 30.8 Å². The van der Waals surface area contributed by atoms with Crippen molar-refractivity contribution in [3.8, 4) is 5.75 Å². The Bertz CT molecular complexity index is 837. The van der Waals surface area contributed by atoms with Crippen LogP contribution >= 0.6 is 0 Å². The molecule has 0 saturated carbocycles. The fraction of sp³-hybridized carbons (Fsp3) is 0.500. The Hall–Kier alpha value is -2.56. The van der Waals surface area contributed by atoms with E-state index in [1.807, 2.05) is 38.1 Å². The van der Waals surface area contributed by atoms with Crippen LogP contribution in [0, 0.1) is 0 Å². The SMILES string of the molecule is CCCCOc1ccccc1[C@H]1C(C(=O)OCCC)=C(C)NC2=C1C(=O)CCC2. The number of ketones is 1. The van der Waals surface area contributed by atoms with Gasteiger partial charge in [-0.3, -0.25) is 4.79 Å². The van der Waals surface area contributed by atoms with Gasteiger partial charge in [-0.1, -0.05) is 38.5 Å². The van der Waals surface area contributed by atoms with E-state index in [1.54, 1.807) is 0 Å². The summed E-state index contributed by atoms with van der Waals surface area (Å²) < 4.78 is 11.6. The highest BCUT2D eigenvalue weighted by Crippen LogP contribution is 2.45. The molecule has 5 nitrogen and oxygen atoms in total. The minimum atomic E-state index is -0.457. The summed E-state index contributed by atoms with van der Waals surface area (Å²) in [4.78, 5) is 26.0. The minimum Gasteiger partial charge on any atom is -0.493 e. The summed E-state index contributed by atoms with van der Waals surface area (Å²) >= 11 is 0. The third-order valence-corrected chi connectivity index (χ3v) is 5.42. The summed E-state index contributed by atoms with van der Waals surface area (Å²) in [6.45, 7) is 6.94. The van der Waals surface area contributed by atoms with E-state index in [1.165, 1.54) is 0 Å². The van der Waals surface area contributed by atoms with Crippen LogP contribution in [0.15, 0.2) is 46.8 Å². The van der Waals surface area contributed by atoms with Crippen molar-refractivity contribution in [3.05, 3.63) is 52.4 Å². The first-order chi connectivity index (χ1) is 14.1. The Balaban J connectivity index is 2.09. The van der Waals surface area contributed by atoms with Crippen molar-refractivity contribution in [2.45, 2.75) is 65.2 Å². The number of carbonyl (C=O) groups excluding carboxylic acids is 2. The Labute approximate surface area is 173 Å². The second-order valence-electron chi connectivity index (χ2n) is 7.64. The molecule has 0 amide bonds. The number of nitrogens with one attached hydrogen (secondary N) is 1. The Morgan fingerprint density at radius 3 is 2.69 bits per heavy atom. The van der Waals surface area contributed by atoms with Gasteiger partial charge < -0.3 is 14.8 Å². The first-order valence-corrected chi connectivity index (χ1v) is 10.7. The molecule has 1 aromatic rings. The smallest absolute Gasteiger partial charge is 0.336 e. The van der Waals surface area contributed by atoms with E-state index in [0.717, 1.165) is 54.8 Å². The second-order valence-corrected chi connectivity index (χ2v) is 7.64. The lowest BCUT2D eigenvalue weighted by Crippen LogP contribution is -2.34. The quantitative estimate of drug-likeness (QED) is 0.505. The van der Waals surface area contributed by atoms with Gasteiger partial charge in [0.15, 0.2) is 5.78 Å². The minimum absolute atomic E-state index is 0.0976. The highest BCUT2D eigenvalue weighted by Gasteiger charge is 2.40. The average Bonchev–Trinajstić information content (AvgIpc) is 2.72. The first kappa shape index (κ1) is 21.2. The van der Waals surface area contributed by atoms with Crippen LogP contribution in [-0.4, -0.2) is 25.0 Å². The second kappa shape index (κ2) is 9.77. The first-order valence-electron chi connectivity index (χ1n) is 10.7. The molecule has 3 rings (SSSR count). The van der Waals surface area contributed by atoms with Gasteiger partial charge in [0.2, 0.25) is 0 Å². The van der Waals surface area contributed by atoms with Gasteiger partial charge in [-0.2, -0.15) is 0 Å². The number of benzene rings is 1. The van der Waals surface area contributed by atoms with Gasteiger partial charge in [-0.15, -0.1) is 0 Å². The van der Waals surface area contributed by atoms with Crippen LogP contribution in [0.1, 0.15) is 70.8 Å². The molecule has 29 heavy (non-hydrogen) atoms. The van der Waals surface area contributed by atoms with Gasteiger partial charge in [0.05, 0.1) is 24.7 Å². The summed E-state index contributed by atoms with van der Waals surface area (Å²) in [5.74, 6) is 0.00318. The third-order valence-electron chi connectivity index (χ3n) is 5.42. The van der Waals surface area contributed by atoms with Gasteiger partial charge in [0.1, 0.15) is 5.75 Å². The molecule has 0 aromatic heterocycles. The molecule has 1 aliphatic carbocycles. The monoisotopic (exact) mass is 397 g/mol. The predicted molar refractivity (Wildman–Crippen MR) is 113 cm³/mol. The van der Waals surface area contributed by atoms with Crippen LogP contribution in [0.25, 0.3) is 0 Å². The molecule has 0 saturated heterocycles. The number of unbranched alkanes of at least 4 members (excludes halogenated alkanes) is 1. The van der Waals surface area contributed by atoms with Crippen LogP contribution in [0.3, 0.4) is 0 Å². The molecule has 1 aliphatic heterocycles. The topological polar surface area (TPSA) is 64.6 Å². The highest BCUT2D eigenvalue weighted by atomic mass is 16.5. The molecule has 1 N–H and O–H groups in total. The van der Waals surface area contributed by atoms with Gasteiger partial charge in [0.25, 0.3) is 0 Å². The van der Waals surface area contributed by atoms with Crippen molar-refractivity contribution < 1.29 is 19.1 Å². The zero-order chi connectivity index (χ0) is 20.8. The fourth-order valence-corrected chi connectivity index (χ4v) is 4.01. The van der Waals surface area contributed by atoms with Gasteiger partial charge in [-0.25, -0.2) is 4.79 Å². The molecule has 2 aliphatic rings. The van der Waals surface area contributed by atoms with Crippen molar-refractivity contribution in [2.24, 2.45) is 0 Å². The number of para-hydroxylation sites is 1. The zero-order valence-electron chi connectivity index (χ0n) is 17.7. The van der Waals surface area contributed by atoms with Crippen molar-refractivity contribution in [2.75, 3.05) is 13.2 Å². The van der Waals surface area contributed by atoms with Crippen molar-refractivity contribution >= 4 is 11.8 Å². The molecule has 0 radical (unpaired) electrons. The molecule has 0 bridgehead atoms. The lowest BCUT2D eigenvalue weighted by molar-refractivity contribution is -0.139. The summed E-state index contributed by atoms with van der Waals surface area (Å²) in [5.41, 5.74) is 3.75. The number of Topliss-reactive ketones (excluding diaryl/α,β-unsaturated/α-hetero) is 1. The zero-order valence-corrected chi connectivity index (χ0v) is 17.7. The van der Waals surface area contributed by atoms with Gasteiger partial charge >= 0.3 is 5.97 Å². The molecule has 1 atom stereocenters. The summed E-state index contributed by atoms with van der Waals surface area (Å²) in [6, 6.07) is 7.74. The van der Waals surface area contributed by atoms with E-state index < -0.39 is 5.92 Å². The Morgan fingerprint density at radius 2 is 1.93 bits per heavy atom.